The number of benzene rings is 1. The van der Waals surface area contributed by atoms with Crippen LogP contribution in [0.15, 0.2) is 6.33 Å². The molecule has 68 valence electrons. The van der Waals surface area contributed by atoms with Gasteiger partial charge in [0.15, 0.2) is 0 Å². The van der Waals surface area contributed by atoms with Crippen molar-refractivity contribution in [1.29, 1.82) is 0 Å². The van der Waals surface area contributed by atoms with E-state index >= 15 is 0 Å². The monoisotopic (exact) mass is 174 g/mol. The first kappa shape index (κ1) is 8.30. The fraction of sp³-hybridized carbons (Fsp3) is 0.364. The first-order chi connectivity index (χ1) is 6.13. The predicted molar refractivity (Wildman–Crippen MR) is 55.0 cm³/mol. The van der Waals surface area contributed by atoms with Crippen molar-refractivity contribution in [1.82, 2.24) is 9.97 Å². The van der Waals surface area contributed by atoms with E-state index in [1.165, 1.54) is 27.8 Å². The summed E-state index contributed by atoms with van der Waals surface area (Å²) in [5.41, 5.74) is 7.63. The quantitative estimate of drug-likeness (QED) is 0.653. The topological polar surface area (TPSA) is 28.7 Å². The molecule has 2 heteroatoms. The Hall–Kier alpha value is -1.31. The molecule has 0 aliphatic rings. The molecule has 1 N–H and O–H groups in total. The number of aryl methyl sites for hydroxylation is 2. The van der Waals surface area contributed by atoms with Gasteiger partial charge < -0.3 is 4.98 Å². The zero-order valence-electron chi connectivity index (χ0n) is 8.52. The van der Waals surface area contributed by atoms with Crippen molar-refractivity contribution in [2.45, 2.75) is 27.7 Å². The number of nitrogens with zero attached hydrogens (tertiary/aromatic N) is 1. The number of aromatic nitrogens is 2. The first-order valence-corrected chi connectivity index (χ1v) is 4.52. The fourth-order valence-corrected chi connectivity index (χ4v) is 1.79. The number of nitrogens with one attached hydrogen (secondary N) is 1. The SMILES string of the molecule is Cc1c(C)c(C)c2[nH]cnc2c1C. The number of H-pyrrole nitrogens is 1. The summed E-state index contributed by atoms with van der Waals surface area (Å²) in [5, 5.41) is 0. The Morgan fingerprint density at radius 1 is 0.923 bits per heavy atom. The zero-order chi connectivity index (χ0) is 9.59. The highest BCUT2D eigenvalue weighted by Gasteiger charge is 2.09. The molecule has 13 heavy (non-hydrogen) atoms. The normalized spacial score (nSPS) is 11.1. The Bertz CT molecular complexity index is 424. The van der Waals surface area contributed by atoms with Gasteiger partial charge in [0.25, 0.3) is 0 Å². The minimum Gasteiger partial charge on any atom is -0.344 e. The van der Waals surface area contributed by atoms with E-state index in [4.69, 9.17) is 0 Å². The standard InChI is InChI=1S/C11H14N2/c1-6-7(2)9(4)11-10(8(6)3)12-5-13-11/h5H,1-4H3,(H,12,13). The van der Waals surface area contributed by atoms with Crippen molar-refractivity contribution in [3.8, 4) is 0 Å². The molecule has 0 aliphatic carbocycles. The van der Waals surface area contributed by atoms with Gasteiger partial charge in [-0.05, 0) is 49.9 Å². The third kappa shape index (κ3) is 0.981. The Morgan fingerprint density at radius 2 is 1.54 bits per heavy atom. The number of aromatic amines is 1. The minimum absolute atomic E-state index is 1.11. The second-order valence-corrected chi connectivity index (χ2v) is 3.63. The molecule has 1 aromatic carbocycles. The molecule has 0 amide bonds. The third-order valence-corrected chi connectivity index (χ3v) is 3.06. The van der Waals surface area contributed by atoms with Crippen LogP contribution in [-0.2, 0) is 0 Å². The van der Waals surface area contributed by atoms with Crippen molar-refractivity contribution in [2.24, 2.45) is 0 Å². The van der Waals surface area contributed by atoms with E-state index in [-0.39, 0.29) is 0 Å². The molecule has 0 saturated carbocycles. The van der Waals surface area contributed by atoms with Gasteiger partial charge in [-0.1, -0.05) is 0 Å². The first-order valence-electron chi connectivity index (χ1n) is 4.52. The van der Waals surface area contributed by atoms with Crippen LogP contribution in [0, 0.1) is 27.7 Å². The Morgan fingerprint density at radius 3 is 2.23 bits per heavy atom. The van der Waals surface area contributed by atoms with E-state index in [1.807, 2.05) is 0 Å². The second-order valence-electron chi connectivity index (χ2n) is 3.63. The summed E-state index contributed by atoms with van der Waals surface area (Å²) in [6.07, 6.45) is 1.77. The minimum atomic E-state index is 1.11. The summed E-state index contributed by atoms with van der Waals surface area (Å²) in [7, 11) is 0. The molecule has 0 aliphatic heterocycles. The molecular formula is C11H14N2. The maximum absolute atomic E-state index is 4.33. The molecule has 2 aromatic rings. The van der Waals surface area contributed by atoms with Gasteiger partial charge in [-0.15, -0.1) is 0 Å². The van der Waals surface area contributed by atoms with Crippen LogP contribution >= 0.6 is 0 Å². The van der Waals surface area contributed by atoms with Gasteiger partial charge in [0.05, 0.1) is 17.4 Å². The summed E-state index contributed by atoms with van der Waals surface area (Å²) >= 11 is 0. The molecular weight excluding hydrogens is 160 g/mol. The Balaban J connectivity index is 3.02. The summed E-state index contributed by atoms with van der Waals surface area (Å²) in [6.45, 7) is 8.59. The second kappa shape index (κ2) is 2.59. The molecule has 0 saturated heterocycles. The summed E-state index contributed by atoms with van der Waals surface area (Å²) in [4.78, 5) is 7.51. The number of rotatable bonds is 0. The fourth-order valence-electron chi connectivity index (χ4n) is 1.79. The maximum atomic E-state index is 4.33. The van der Waals surface area contributed by atoms with Crippen LogP contribution in [0.25, 0.3) is 11.0 Å². The molecule has 0 unspecified atom stereocenters. The zero-order valence-corrected chi connectivity index (χ0v) is 8.52. The highest BCUT2D eigenvalue weighted by molar-refractivity contribution is 5.84. The summed E-state index contributed by atoms with van der Waals surface area (Å²) in [6, 6.07) is 0. The largest absolute Gasteiger partial charge is 0.344 e. The van der Waals surface area contributed by atoms with Gasteiger partial charge in [-0.25, -0.2) is 4.98 Å². The lowest BCUT2D eigenvalue weighted by Crippen LogP contribution is -1.92. The van der Waals surface area contributed by atoms with E-state index in [2.05, 4.69) is 37.7 Å². The lowest BCUT2D eigenvalue weighted by Gasteiger charge is -2.09. The number of fused-ring (bicyclic) bond motifs is 1. The predicted octanol–water partition coefficient (Wildman–Crippen LogP) is 2.80. The van der Waals surface area contributed by atoms with E-state index in [1.54, 1.807) is 6.33 Å². The lowest BCUT2D eigenvalue weighted by molar-refractivity contribution is 1.24. The van der Waals surface area contributed by atoms with Crippen molar-refractivity contribution >= 4 is 11.0 Å². The van der Waals surface area contributed by atoms with Gasteiger partial charge in [-0.3, -0.25) is 0 Å². The average molecular weight is 174 g/mol. The molecule has 0 spiro atoms. The van der Waals surface area contributed by atoms with Crippen molar-refractivity contribution in [2.75, 3.05) is 0 Å². The molecule has 0 fully saturated rings. The number of imidazole rings is 1. The van der Waals surface area contributed by atoms with Gasteiger partial charge in [0.2, 0.25) is 0 Å². The van der Waals surface area contributed by atoms with Gasteiger partial charge >= 0.3 is 0 Å². The molecule has 0 radical (unpaired) electrons. The van der Waals surface area contributed by atoms with Crippen molar-refractivity contribution in [3.63, 3.8) is 0 Å². The third-order valence-electron chi connectivity index (χ3n) is 3.06. The molecule has 0 atom stereocenters. The molecule has 0 bridgehead atoms. The molecule has 1 aromatic heterocycles. The summed E-state index contributed by atoms with van der Waals surface area (Å²) < 4.78 is 0. The van der Waals surface area contributed by atoms with Crippen LogP contribution in [0.1, 0.15) is 22.3 Å². The van der Waals surface area contributed by atoms with Crippen molar-refractivity contribution in [3.05, 3.63) is 28.6 Å². The van der Waals surface area contributed by atoms with Crippen LogP contribution in [0.2, 0.25) is 0 Å². The Labute approximate surface area is 78.0 Å². The van der Waals surface area contributed by atoms with Gasteiger partial charge in [0, 0.05) is 0 Å². The average Bonchev–Trinajstić information content (AvgIpc) is 2.59. The van der Waals surface area contributed by atoms with Crippen LogP contribution in [-0.4, -0.2) is 9.97 Å². The Kier molecular flexibility index (Phi) is 1.65. The van der Waals surface area contributed by atoms with Gasteiger partial charge in [0.1, 0.15) is 0 Å². The van der Waals surface area contributed by atoms with Crippen LogP contribution in [0.3, 0.4) is 0 Å². The molecule has 2 rings (SSSR count). The highest BCUT2D eigenvalue weighted by atomic mass is 14.9. The van der Waals surface area contributed by atoms with E-state index in [9.17, 15) is 0 Å². The summed E-state index contributed by atoms with van der Waals surface area (Å²) in [5.74, 6) is 0. The van der Waals surface area contributed by atoms with Crippen molar-refractivity contribution < 1.29 is 0 Å². The van der Waals surface area contributed by atoms with E-state index in [0.717, 1.165) is 5.52 Å². The van der Waals surface area contributed by atoms with Crippen LogP contribution in [0.5, 0.6) is 0 Å². The lowest BCUT2D eigenvalue weighted by atomic mass is 9.98. The van der Waals surface area contributed by atoms with E-state index < -0.39 is 0 Å². The highest BCUT2D eigenvalue weighted by Crippen LogP contribution is 2.25. The smallest absolute Gasteiger partial charge is 0.0932 e. The maximum Gasteiger partial charge on any atom is 0.0932 e. The van der Waals surface area contributed by atoms with Gasteiger partial charge in [-0.2, -0.15) is 0 Å². The molecule has 2 nitrogen and oxygen atoms in total. The number of hydrogen-bond donors (Lipinski definition) is 1. The molecule has 1 heterocycles. The number of hydrogen-bond acceptors (Lipinski definition) is 1. The van der Waals surface area contributed by atoms with Crippen LogP contribution < -0.4 is 0 Å². The van der Waals surface area contributed by atoms with Crippen LogP contribution in [0.4, 0.5) is 0 Å². The van der Waals surface area contributed by atoms with E-state index in [0.29, 0.717) is 0 Å².